The molecule has 3 rings (SSSR count). The molecule has 1 aromatic rings. The van der Waals surface area contributed by atoms with Gasteiger partial charge in [-0.15, -0.1) is 0 Å². The van der Waals surface area contributed by atoms with E-state index in [9.17, 15) is 0 Å². The lowest BCUT2D eigenvalue weighted by Crippen LogP contribution is -2.31. The van der Waals surface area contributed by atoms with Crippen LogP contribution in [-0.4, -0.2) is 23.3 Å². The third kappa shape index (κ3) is 3.29. The quantitative estimate of drug-likeness (QED) is 0.861. The predicted molar refractivity (Wildman–Crippen MR) is 79.9 cm³/mol. The monoisotopic (exact) mass is 293 g/mol. The van der Waals surface area contributed by atoms with Crippen LogP contribution in [-0.2, 0) is 10.3 Å². The van der Waals surface area contributed by atoms with Crippen LogP contribution in [0.4, 0.5) is 0 Å². The van der Waals surface area contributed by atoms with Crippen LogP contribution in [0.1, 0.15) is 82.5 Å². The maximum absolute atomic E-state index is 6.13. The first-order valence-corrected chi connectivity index (χ1v) is 8.55. The molecule has 2 aliphatic rings. The van der Waals surface area contributed by atoms with Crippen LogP contribution in [0.5, 0.6) is 0 Å². The molecular formula is C16H27N3O2. The van der Waals surface area contributed by atoms with Crippen molar-refractivity contribution in [2.45, 2.75) is 76.4 Å². The van der Waals surface area contributed by atoms with Crippen molar-refractivity contribution in [1.82, 2.24) is 15.5 Å². The van der Waals surface area contributed by atoms with E-state index in [2.05, 4.69) is 17.4 Å². The van der Waals surface area contributed by atoms with Crippen LogP contribution >= 0.6 is 0 Å². The Morgan fingerprint density at radius 2 is 2.00 bits per heavy atom. The number of rotatable bonds is 4. The Bertz CT molecular complexity index is 432. The zero-order valence-corrected chi connectivity index (χ0v) is 13.1. The Balaban J connectivity index is 1.80. The van der Waals surface area contributed by atoms with Gasteiger partial charge in [0.05, 0.1) is 6.04 Å². The molecule has 1 aliphatic carbocycles. The van der Waals surface area contributed by atoms with E-state index in [1.54, 1.807) is 0 Å². The molecule has 1 atom stereocenters. The van der Waals surface area contributed by atoms with Gasteiger partial charge in [-0.3, -0.25) is 0 Å². The normalized spacial score (nSPS) is 26.4. The maximum atomic E-state index is 6.13. The minimum atomic E-state index is -0.318. The van der Waals surface area contributed by atoms with Gasteiger partial charge in [0, 0.05) is 6.61 Å². The van der Waals surface area contributed by atoms with Crippen molar-refractivity contribution in [2.75, 3.05) is 13.2 Å². The zero-order valence-electron chi connectivity index (χ0n) is 13.1. The summed E-state index contributed by atoms with van der Waals surface area (Å²) >= 11 is 0. The smallest absolute Gasteiger partial charge is 0.243 e. The molecule has 1 aromatic heterocycles. The van der Waals surface area contributed by atoms with Gasteiger partial charge >= 0.3 is 0 Å². The number of nitrogens with one attached hydrogen (secondary N) is 1. The zero-order chi connectivity index (χ0) is 14.5. The summed E-state index contributed by atoms with van der Waals surface area (Å²) in [6.45, 7) is 3.79. The molecule has 1 N–H and O–H groups in total. The summed E-state index contributed by atoms with van der Waals surface area (Å²) in [5.41, 5.74) is -0.318. The molecule has 0 spiro atoms. The van der Waals surface area contributed by atoms with Gasteiger partial charge in [0.25, 0.3) is 0 Å². The van der Waals surface area contributed by atoms with E-state index in [4.69, 9.17) is 14.2 Å². The summed E-state index contributed by atoms with van der Waals surface area (Å²) in [5, 5.41) is 7.77. The largest absolute Gasteiger partial charge is 0.367 e. The average Bonchev–Trinajstić information content (AvgIpc) is 2.91. The molecule has 1 saturated carbocycles. The second kappa shape index (κ2) is 6.88. The first kappa shape index (κ1) is 15.0. The fourth-order valence-corrected chi connectivity index (χ4v) is 3.63. The van der Waals surface area contributed by atoms with Gasteiger partial charge in [-0.05, 0) is 39.2 Å². The van der Waals surface area contributed by atoms with Crippen molar-refractivity contribution in [1.29, 1.82) is 0 Å². The lowest BCUT2D eigenvalue weighted by Gasteiger charge is -2.29. The lowest BCUT2D eigenvalue weighted by atomic mass is 9.93. The van der Waals surface area contributed by atoms with Gasteiger partial charge < -0.3 is 14.6 Å². The Hall–Kier alpha value is -0.940. The van der Waals surface area contributed by atoms with E-state index in [0.717, 1.165) is 37.5 Å². The van der Waals surface area contributed by atoms with Gasteiger partial charge in [-0.2, -0.15) is 4.98 Å². The minimum Gasteiger partial charge on any atom is -0.367 e. The van der Waals surface area contributed by atoms with Gasteiger partial charge in [0.15, 0.2) is 0 Å². The first-order valence-electron chi connectivity index (χ1n) is 8.55. The summed E-state index contributed by atoms with van der Waals surface area (Å²) in [6.07, 6.45) is 10.5. The molecule has 2 fully saturated rings. The molecule has 21 heavy (non-hydrogen) atoms. The maximum Gasteiger partial charge on any atom is 0.243 e. The molecule has 0 bridgehead atoms. The van der Waals surface area contributed by atoms with E-state index < -0.39 is 0 Å². The van der Waals surface area contributed by atoms with Gasteiger partial charge in [0.1, 0.15) is 5.60 Å². The average molecular weight is 293 g/mol. The van der Waals surface area contributed by atoms with Crippen LogP contribution in [0.15, 0.2) is 4.52 Å². The molecule has 2 heterocycles. The number of piperidine rings is 1. The number of aromatic nitrogens is 2. The molecule has 5 heteroatoms. The van der Waals surface area contributed by atoms with Crippen molar-refractivity contribution in [2.24, 2.45) is 0 Å². The fourth-order valence-electron chi connectivity index (χ4n) is 3.63. The molecule has 0 aromatic carbocycles. The topological polar surface area (TPSA) is 60.2 Å². The molecule has 5 nitrogen and oxygen atoms in total. The molecule has 0 unspecified atom stereocenters. The number of hydrogen-bond acceptors (Lipinski definition) is 5. The number of hydrogen-bond donors (Lipinski definition) is 1. The Kier molecular flexibility index (Phi) is 4.91. The summed E-state index contributed by atoms with van der Waals surface area (Å²) in [5.74, 6) is 1.52. The van der Waals surface area contributed by atoms with Crippen molar-refractivity contribution in [3.8, 4) is 0 Å². The van der Waals surface area contributed by atoms with Crippen molar-refractivity contribution >= 4 is 0 Å². The van der Waals surface area contributed by atoms with E-state index in [0.29, 0.717) is 6.61 Å². The van der Waals surface area contributed by atoms with Crippen molar-refractivity contribution in [3.05, 3.63) is 11.7 Å². The summed E-state index contributed by atoms with van der Waals surface area (Å²) in [4.78, 5) is 4.72. The highest BCUT2D eigenvalue weighted by Crippen LogP contribution is 2.38. The highest BCUT2D eigenvalue weighted by molar-refractivity contribution is 5.05. The number of ether oxygens (including phenoxy) is 1. The molecule has 118 valence electrons. The van der Waals surface area contributed by atoms with E-state index in [1.165, 1.54) is 38.5 Å². The fraction of sp³-hybridized carbons (Fsp3) is 0.875. The van der Waals surface area contributed by atoms with Crippen molar-refractivity contribution < 1.29 is 9.26 Å². The summed E-state index contributed by atoms with van der Waals surface area (Å²) < 4.78 is 11.7. The third-order valence-corrected chi connectivity index (χ3v) is 4.79. The minimum absolute atomic E-state index is 0.226. The Morgan fingerprint density at radius 1 is 1.19 bits per heavy atom. The van der Waals surface area contributed by atoms with Crippen LogP contribution in [0.2, 0.25) is 0 Å². The third-order valence-electron chi connectivity index (χ3n) is 4.79. The molecule has 0 radical (unpaired) electrons. The predicted octanol–water partition coefficient (Wildman–Crippen LogP) is 3.47. The summed E-state index contributed by atoms with van der Waals surface area (Å²) in [7, 11) is 0. The lowest BCUT2D eigenvalue weighted by molar-refractivity contribution is -0.0636. The Morgan fingerprint density at radius 3 is 2.67 bits per heavy atom. The van der Waals surface area contributed by atoms with Gasteiger partial charge in [-0.25, -0.2) is 0 Å². The van der Waals surface area contributed by atoms with E-state index in [-0.39, 0.29) is 11.6 Å². The molecule has 1 aliphatic heterocycles. The second-order valence-corrected chi connectivity index (χ2v) is 6.30. The number of nitrogens with zero attached hydrogens (tertiary/aromatic N) is 2. The van der Waals surface area contributed by atoms with Crippen LogP contribution < -0.4 is 5.32 Å². The molecule has 1 saturated heterocycles. The highest BCUT2D eigenvalue weighted by atomic mass is 16.5. The van der Waals surface area contributed by atoms with Crippen molar-refractivity contribution in [3.63, 3.8) is 0 Å². The Labute approximate surface area is 126 Å². The van der Waals surface area contributed by atoms with E-state index in [1.807, 2.05) is 0 Å². The standard InChI is InChI=1S/C16H27N3O2/c1-2-20-16(10-6-3-4-7-11-16)15-18-14(21-19-15)13-9-5-8-12-17-13/h13,17H,2-12H2,1H3/t13-/m0/s1. The summed E-state index contributed by atoms with van der Waals surface area (Å²) in [6, 6.07) is 0.226. The van der Waals surface area contributed by atoms with Gasteiger partial charge in [0.2, 0.25) is 11.7 Å². The first-order chi connectivity index (χ1) is 10.3. The molecule has 0 amide bonds. The van der Waals surface area contributed by atoms with Crippen LogP contribution in [0.25, 0.3) is 0 Å². The highest BCUT2D eigenvalue weighted by Gasteiger charge is 2.39. The van der Waals surface area contributed by atoms with E-state index >= 15 is 0 Å². The SMILES string of the molecule is CCOC1(c2noc([C@@H]3CCCCN3)n2)CCCCCC1. The van der Waals surface area contributed by atoms with Crippen LogP contribution in [0, 0.1) is 0 Å². The van der Waals surface area contributed by atoms with Gasteiger partial charge in [-0.1, -0.05) is 37.3 Å². The molecular weight excluding hydrogens is 266 g/mol. The van der Waals surface area contributed by atoms with Crippen LogP contribution in [0.3, 0.4) is 0 Å². The second-order valence-electron chi connectivity index (χ2n) is 6.30.